The summed E-state index contributed by atoms with van der Waals surface area (Å²) in [6, 6.07) is 0. The second kappa shape index (κ2) is 4.01. The monoisotopic (exact) mass is 277 g/mol. The molecule has 1 N–H and O–H groups in total. The Kier molecular flexibility index (Phi) is 2.61. The van der Waals surface area contributed by atoms with Crippen molar-refractivity contribution >= 4 is 5.91 Å². The summed E-state index contributed by atoms with van der Waals surface area (Å²) >= 11 is 0. The molecule has 2 aliphatic rings. The predicted octanol–water partition coefficient (Wildman–Crippen LogP) is 0.786. The van der Waals surface area contributed by atoms with E-state index in [0.717, 1.165) is 19.3 Å². The molecular formula is C14H19N3O3. The Labute approximate surface area is 117 Å². The molecule has 1 fully saturated rings. The first kappa shape index (κ1) is 13.0. The molecule has 3 rings (SSSR count). The zero-order valence-corrected chi connectivity index (χ0v) is 12.0. The van der Waals surface area contributed by atoms with Crippen molar-refractivity contribution in [3.8, 4) is 5.75 Å². The molecule has 0 atom stereocenters. The molecule has 2 heterocycles. The van der Waals surface area contributed by atoms with Crippen LogP contribution in [0, 0.1) is 6.92 Å². The largest absolute Gasteiger partial charge is 0.502 e. The Hall–Kier alpha value is -1.98. The minimum atomic E-state index is -0.474. The summed E-state index contributed by atoms with van der Waals surface area (Å²) in [5, 5.41) is 12.1. The van der Waals surface area contributed by atoms with Gasteiger partial charge in [-0.1, -0.05) is 0 Å². The molecule has 6 nitrogen and oxygen atoms in total. The first-order valence-electron chi connectivity index (χ1n) is 6.95. The number of hydrogen-bond donors (Lipinski definition) is 1. The maximum Gasteiger partial charge on any atom is 0.278 e. The zero-order chi connectivity index (χ0) is 14.7. The van der Waals surface area contributed by atoms with Gasteiger partial charge in [-0.05, 0) is 33.1 Å². The van der Waals surface area contributed by atoms with E-state index in [1.54, 1.807) is 22.7 Å². The van der Waals surface area contributed by atoms with Crippen LogP contribution in [0.2, 0.25) is 0 Å². The van der Waals surface area contributed by atoms with Crippen LogP contribution in [0.25, 0.3) is 0 Å². The van der Waals surface area contributed by atoms with Crippen LogP contribution in [0.5, 0.6) is 5.75 Å². The first-order chi connectivity index (χ1) is 9.44. The second-order valence-electron chi connectivity index (χ2n) is 5.59. The Morgan fingerprint density at radius 1 is 1.35 bits per heavy atom. The number of aromatic nitrogens is 1. The highest BCUT2D eigenvalue weighted by atomic mass is 16.3. The van der Waals surface area contributed by atoms with E-state index >= 15 is 0 Å². The van der Waals surface area contributed by atoms with Gasteiger partial charge < -0.3 is 10.0 Å². The van der Waals surface area contributed by atoms with Crippen LogP contribution in [0.15, 0.2) is 11.0 Å². The SMILES string of the molecule is CCN1C(=O)c2c(O)c(=O)c(C)cn2N(C)C12CCC2. The Morgan fingerprint density at radius 3 is 2.50 bits per heavy atom. The summed E-state index contributed by atoms with van der Waals surface area (Å²) in [6.45, 7) is 4.13. The van der Waals surface area contributed by atoms with Gasteiger partial charge in [-0.15, -0.1) is 0 Å². The van der Waals surface area contributed by atoms with Gasteiger partial charge in [-0.25, -0.2) is 0 Å². The highest BCUT2D eigenvalue weighted by molar-refractivity contribution is 5.97. The first-order valence-corrected chi connectivity index (χ1v) is 6.95. The number of nitrogens with zero attached hydrogens (tertiary/aromatic N) is 3. The highest BCUT2D eigenvalue weighted by Crippen LogP contribution is 2.43. The number of aryl methyl sites for hydroxylation is 1. The van der Waals surface area contributed by atoms with Crippen molar-refractivity contribution < 1.29 is 9.90 Å². The maximum atomic E-state index is 12.7. The summed E-state index contributed by atoms with van der Waals surface area (Å²) in [5.74, 6) is -0.714. The molecule has 1 saturated carbocycles. The maximum absolute atomic E-state index is 12.7. The van der Waals surface area contributed by atoms with Gasteiger partial charge in [-0.3, -0.25) is 19.3 Å². The van der Waals surface area contributed by atoms with Crippen molar-refractivity contribution in [2.45, 2.75) is 38.8 Å². The number of aromatic hydroxyl groups is 1. The molecule has 0 unspecified atom stereocenters. The number of pyridine rings is 1. The van der Waals surface area contributed by atoms with Gasteiger partial charge in [-0.2, -0.15) is 0 Å². The fourth-order valence-electron chi connectivity index (χ4n) is 3.36. The Morgan fingerprint density at radius 2 is 2.00 bits per heavy atom. The predicted molar refractivity (Wildman–Crippen MR) is 74.5 cm³/mol. The van der Waals surface area contributed by atoms with Gasteiger partial charge >= 0.3 is 0 Å². The minimum Gasteiger partial charge on any atom is -0.502 e. The van der Waals surface area contributed by atoms with Gasteiger partial charge in [0, 0.05) is 25.4 Å². The number of rotatable bonds is 1. The second-order valence-corrected chi connectivity index (χ2v) is 5.59. The molecule has 6 heteroatoms. The molecule has 20 heavy (non-hydrogen) atoms. The normalized spacial score (nSPS) is 20.1. The molecule has 0 radical (unpaired) electrons. The Balaban J connectivity index is 2.28. The van der Waals surface area contributed by atoms with Crippen molar-refractivity contribution in [2.24, 2.45) is 0 Å². The standard InChI is InChI=1S/C14H19N3O3/c1-4-16-13(20)10-12(19)11(18)9(2)8-17(10)15(3)14(16)6-5-7-14/h8,19H,4-7H2,1-3H3. The van der Waals surface area contributed by atoms with Crippen LogP contribution in [0.1, 0.15) is 42.2 Å². The summed E-state index contributed by atoms with van der Waals surface area (Å²) < 4.78 is 1.64. The summed E-state index contributed by atoms with van der Waals surface area (Å²) in [4.78, 5) is 26.3. The van der Waals surface area contributed by atoms with Crippen LogP contribution in [0.3, 0.4) is 0 Å². The molecule has 1 aliphatic heterocycles. The van der Waals surface area contributed by atoms with E-state index in [1.807, 2.05) is 19.0 Å². The number of fused-ring (bicyclic) bond motifs is 1. The highest BCUT2D eigenvalue weighted by Gasteiger charge is 2.52. The van der Waals surface area contributed by atoms with Gasteiger partial charge in [0.15, 0.2) is 11.4 Å². The van der Waals surface area contributed by atoms with Crippen LogP contribution in [0.4, 0.5) is 0 Å². The lowest BCUT2D eigenvalue weighted by molar-refractivity contribution is -0.00554. The van der Waals surface area contributed by atoms with Crippen LogP contribution >= 0.6 is 0 Å². The smallest absolute Gasteiger partial charge is 0.278 e. The van der Waals surface area contributed by atoms with Gasteiger partial charge in [0.2, 0.25) is 5.43 Å². The molecule has 1 aliphatic carbocycles. The summed E-state index contributed by atoms with van der Waals surface area (Å²) in [6.07, 6.45) is 4.54. The number of carbonyl (C=O) groups excluding carboxylic acids is 1. The van der Waals surface area contributed by atoms with Crippen molar-refractivity contribution in [1.82, 2.24) is 9.58 Å². The quantitative estimate of drug-likeness (QED) is 0.824. The lowest BCUT2D eigenvalue weighted by Crippen LogP contribution is -2.72. The Bertz CT molecular complexity index is 646. The fourth-order valence-corrected chi connectivity index (χ4v) is 3.36. The van der Waals surface area contributed by atoms with Crippen molar-refractivity contribution in [1.29, 1.82) is 0 Å². The molecule has 1 amide bonds. The minimum absolute atomic E-state index is 0.0717. The van der Waals surface area contributed by atoms with E-state index in [9.17, 15) is 14.7 Å². The van der Waals surface area contributed by atoms with Crippen molar-refractivity contribution in [3.05, 3.63) is 27.7 Å². The third-order valence-electron chi connectivity index (χ3n) is 4.69. The van der Waals surface area contributed by atoms with Crippen molar-refractivity contribution in [2.75, 3.05) is 18.6 Å². The van der Waals surface area contributed by atoms with Gasteiger partial charge in [0.05, 0.1) is 0 Å². The molecule has 108 valence electrons. The number of hydrogen-bond acceptors (Lipinski definition) is 4. The third-order valence-corrected chi connectivity index (χ3v) is 4.69. The fraction of sp³-hybridized carbons (Fsp3) is 0.571. The lowest BCUT2D eigenvalue weighted by Gasteiger charge is -2.58. The third kappa shape index (κ3) is 1.34. The molecule has 1 aromatic rings. The lowest BCUT2D eigenvalue weighted by atomic mass is 9.81. The van der Waals surface area contributed by atoms with E-state index in [4.69, 9.17) is 0 Å². The average molecular weight is 277 g/mol. The number of amides is 1. The van der Waals surface area contributed by atoms with E-state index in [2.05, 4.69) is 0 Å². The van der Waals surface area contributed by atoms with Crippen LogP contribution < -0.4 is 10.4 Å². The summed E-state index contributed by atoms with van der Waals surface area (Å²) in [5.41, 5.74) is -0.279. The van der Waals surface area contributed by atoms with E-state index in [1.165, 1.54) is 0 Å². The molecule has 1 aromatic heterocycles. The van der Waals surface area contributed by atoms with Crippen molar-refractivity contribution in [3.63, 3.8) is 0 Å². The molecule has 0 saturated heterocycles. The van der Waals surface area contributed by atoms with Gasteiger partial charge in [0.25, 0.3) is 5.91 Å². The number of carbonyl (C=O) groups is 1. The van der Waals surface area contributed by atoms with E-state index in [-0.39, 0.29) is 17.3 Å². The molecule has 0 aromatic carbocycles. The average Bonchev–Trinajstić information content (AvgIpc) is 2.37. The van der Waals surface area contributed by atoms with Crippen LogP contribution in [-0.2, 0) is 0 Å². The topological polar surface area (TPSA) is 65.8 Å². The van der Waals surface area contributed by atoms with Gasteiger partial charge in [0.1, 0.15) is 5.66 Å². The van der Waals surface area contributed by atoms with E-state index < -0.39 is 11.2 Å². The zero-order valence-electron chi connectivity index (χ0n) is 12.0. The van der Waals surface area contributed by atoms with E-state index in [0.29, 0.717) is 12.1 Å². The van der Waals surface area contributed by atoms with Crippen LogP contribution in [-0.4, -0.2) is 39.8 Å². The molecule has 0 bridgehead atoms. The summed E-state index contributed by atoms with van der Waals surface area (Å²) in [7, 11) is 1.90. The molecule has 1 spiro atoms. The molecular weight excluding hydrogens is 258 g/mol.